The van der Waals surface area contributed by atoms with Crippen LogP contribution in [0.5, 0.6) is 0 Å². The summed E-state index contributed by atoms with van der Waals surface area (Å²) in [5.41, 5.74) is 5.10. The number of primary amides is 1. The fraction of sp³-hybridized carbons (Fsp3) is 0.500. The maximum Gasteiger partial charge on any atom is 0.245 e. The summed E-state index contributed by atoms with van der Waals surface area (Å²) in [5.74, 6) is -0.623. The van der Waals surface area contributed by atoms with Crippen LogP contribution < -0.4 is 5.73 Å². The van der Waals surface area contributed by atoms with Crippen molar-refractivity contribution in [3.8, 4) is 0 Å². The van der Waals surface area contributed by atoms with E-state index in [1.54, 1.807) is 4.90 Å². The van der Waals surface area contributed by atoms with Gasteiger partial charge in [-0.2, -0.15) is 0 Å². The summed E-state index contributed by atoms with van der Waals surface area (Å²) < 4.78 is 0. The van der Waals surface area contributed by atoms with E-state index in [1.807, 2.05) is 0 Å². The summed E-state index contributed by atoms with van der Waals surface area (Å²) in [6, 6.07) is 0. The molecule has 1 unspecified atom stereocenters. The first kappa shape index (κ1) is 8.77. The summed E-state index contributed by atoms with van der Waals surface area (Å²) in [6.07, 6.45) is 1.93. The van der Waals surface area contributed by atoms with Gasteiger partial charge >= 0.3 is 0 Å². The van der Waals surface area contributed by atoms with Gasteiger partial charge in [0.2, 0.25) is 11.8 Å². The Morgan fingerprint density at radius 3 is 2.67 bits per heavy atom. The predicted molar refractivity (Wildman–Crippen MR) is 44.1 cm³/mol. The number of hydrogen-bond donors (Lipinski definition) is 1. The van der Waals surface area contributed by atoms with E-state index < -0.39 is 0 Å². The molecule has 1 atom stereocenters. The minimum atomic E-state index is -0.325. The smallest absolute Gasteiger partial charge is 0.245 e. The monoisotopic (exact) mass is 168 g/mol. The van der Waals surface area contributed by atoms with E-state index in [2.05, 4.69) is 6.58 Å². The molecule has 1 saturated heterocycles. The standard InChI is InChI=1S/C8H12N2O2/c1-2-7(11)10-4-3-6(5-10)8(9)12/h2,6H,1,3-5H2,(H2,9,12). The van der Waals surface area contributed by atoms with Crippen molar-refractivity contribution in [1.29, 1.82) is 0 Å². The number of nitrogens with two attached hydrogens (primary N) is 1. The molecule has 0 spiro atoms. The molecule has 0 radical (unpaired) electrons. The van der Waals surface area contributed by atoms with Crippen LogP contribution in [0.1, 0.15) is 6.42 Å². The van der Waals surface area contributed by atoms with Gasteiger partial charge in [-0.3, -0.25) is 9.59 Å². The highest BCUT2D eigenvalue weighted by molar-refractivity contribution is 5.88. The van der Waals surface area contributed by atoms with Crippen LogP contribution in [0.4, 0.5) is 0 Å². The van der Waals surface area contributed by atoms with Crippen molar-refractivity contribution in [2.75, 3.05) is 13.1 Å². The lowest BCUT2D eigenvalue weighted by atomic mass is 10.1. The van der Waals surface area contributed by atoms with Gasteiger partial charge in [-0.25, -0.2) is 0 Å². The third-order valence-corrected chi connectivity index (χ3v) is 2.08. The molecule has 0 bridgehead atoms. The van der Waals surface area contributed by atoms with Crippen LogP contribution in [0.2, 0.25) is 0 Å². The lowest BCUT2D eigenvalue weighted by Gasteiger charge is -2.12. The van der Waals surface area contributed by atoms with Crippen molar-refractivity contribution < 1.29 is 9.59 Å². The minimum Gasteiger partial charge on any atom is -0.369 e. The van der Waals surface area contributed by atoms with Gasteiger partial charge in [-0.15, -0.1) is 0 Å². The fourth-order valence-electron chi connectivity index (χ4n) is 1.32. The van der Waals surface area contributed by atoms with Crippen molar-refractivity contribution in [1.82, 2.24) is 4.90 Å². The third kappa shape index (κ3) is 1.64. The van der Waals surface area contributed by atoms with Gasteiger partial charge in [0.1, 0.15) is 0 Å². The van der Waals surface area contributed by atoms with E-state index >= 15 is 0 Å². The predicted octanol–water partition coefficient (Wildman–Crippen LogP) is -0.494. The van der Waals surface area contributed by atoms with Crippen LogP contribution in [0.15, 0.2) is 12.7 Å². The lowest BCUT2D eigenvalue weighted by molar-refractivity contribution is -0.125. The van der Waals surface area contributed by atoms with Crippen molar-refractivity contribution >= 4 is 11.8 Å². The van der Waals surface area contributed by atoms with Gasteiger partial charge in [-0.1, -0.05) is 6.58 Å². The summed E-state index contributed by atoms with van der Waals surface area (Å²) >= 11 is 0. The van der Waals surface area contributed by atoms with Gasteiger partial charge in [0.05, 0.1) is 5.92 Å². The first-order chi connectivity index (χ1) is 5.65. The van der Waals surface area contributed by atoms with Crippen molar-refractivity contribution in [2.24, 2.45) is 11.7 Å². The van der Waals surface area contributed by atoms with Gasteiger partial charge in [0, 0.05) is 13.1 Å². The van der Waals surface area contributed by atoms with Crippen molar-refractivity contribution in [3.63, 3.8) is 0 Å². The van der Waals surface area contributed by atoms with E-state index in [-0.39, 0.29) is 17.7 Å². The first-order valence-corrected chi connectivity index (χ1v) is 3.86. The van der Waals surface area contributed by atoms with Gasteiger partial charge in [-0.05, 0) is 12.5 Å². The molecule has 1 fully saturated rings. The molecule has 0 aromatic carbocycles. The number of rotatable bonds is 2. The Balaban J connectivity index is 2.50. The molecule has 1 heterocycles. The van der Waals surface area contributed by atoms with E-state index in [9.17, 15) is 9.59 Å². The molecule has 66 valence electrons. The molecule has 4 heteroatoms. The fourth-order valence-corrected chi connectivity index (χ4v) is 1.32. The number of nitrogens with zero attached hydrogens (tertiary/aromatic N) is 1. The molecule has 1 aliphatic heterocycles. The van der Waals surface area contributed by atoms with Crippen LogP contribution in [-0.2, 0) is 9.59 Å². The molecular formula is C8H12N2O2. The van der Waals surface area contributed by atoms with E-state index in [4.69, 9.17) is 5.73 Å². The zero-order valence-corrected chi connectivity index (χ0v) is 6.82. The largest absolute Gasteiger partial charge is 0.369 e. The number of carbonyl (C=O) groups is 2. The second-order valence-corrected chi connectivity index (χ2v) is 2.88. The second kappa shape index (κ2) is 3.38. The average molecular weight is 168 g/mol. The van der Waals surface area contributed by atoms with E-state index in [0.717, 1.165) is 0 Å². The van der Waals surface area contributed by atoms with Gasteiger partial charge in [0.25, 0.3) is 0 Å². The Kier molecular flexibility index (Phi) is 2.47. The van der Waals surface area contributed by atoms with Gasteiger partial charge in [0.15, 0.2) is 0 Å². The van der Waals surface area contributed by atoms with Crippen LogP contribution in [0.3, 0.4) is 0 Å². The zero-order chi connectivity index (χ0) is 9.14. The van der Waals surface area contributed by atoms with Crippen LogP contribution in [-0.4, -0.2) is 29.8 Å². The molecule has 2 N–H and O–H groups in total. The Hall–Kier alpha value is -1.32. The number of likely N-dealkylation sites (tertiary alicyclic amines) is 1. The van der Waals surface area contributed by atoms with E-state index in [1.165, 1.54) is 6.08 Å². The molecule has 1 rings (SSSR count). The number of amides is 2. The van der Waals surface area contributed by atoms with Gasteiger partial charge < -0.3 is 10.6 Å². The lowest BCUT2D eigenvalue weighted by Crippen LogP contribution is -2.30. The molecule has 4 nitrogen and oxygen atoms in total. The second-order valence-electron chi connectivity index (χ2n) is 2.88. The highest BCUT2D eigenvalue weighted by atomic mass is 16.2. The summed E-state index contributed by atoms with van der Waals surface area (Å²) in [5, 5.41) is 0. The average Bonchev–Trinajstić information content (AvgIpc) is 2.51. The van der Waals surface area contributed by atoms with Crippen LogP contribution >= 0.6 is 0 Å². The maximum absolute atomic E-state index is 11.0. The van der Waals surface area contributed by atoms with Crippen molar-refractivity contribution in [3.05, 3.63) is 12.7 Å². The topological polar surface area (TPSA) is 63.4 Å². The van der Waals surface area contributed by atoms with Crippen molar-refractivity contribution in [2.45, 2.75) is 6.42 Å². The molecule has 0 aliphatic carbocycles. The Morgan fingerprint density at radius 1 is 1.58 bits per heavy atom. The molecule has 0 aromatic heterocycles. The third-order valence-electron chi connectivity index (χ3n) is 2.08. The molecule has 1 aliphatic rings. The summed E-state index contributed by atoms with van der Waals surface area (Å²) in [6.45, 7) is 4.42. The van der Waals surface area contributed by atoms with Crippen LogP contribution in [0, 0.1) is 5.92 Å². The molecule has 12 heavy (non-hydrogen) atoms. The Labute approximate surface area is 71.0 Å². The zero-order valence-electron chi connectivity index (χ0n) is 6.82. The molecule has 0 saturated carbocycles. The first-order valence-electron chi connectivity index (χ1n) is 3.86. The Morgan fingerprint density at radius 2 is 2.25 bits per heavy atom. The normalized spacial score (nSPS) is 22.3. The summed E-state index contributed by atoms with van der Waals surface area (Å²) in [7, 11) is 0. The minimum absolute atomic E-state index is 0.126. The molecule has 2 amide bonds. The molecule has 0 aromatic rings. The quantitative estimate of drug-likeness (QED) is 0.565. The highest BCUT2D eigenvalue weighted by Gasteiger charge is 2.28. The Bertz CT molecular complexity index is 225. The highest BCUT2D eigenvalue weighted by Crippen LogP contribution is 2.15. The maximum atomic E-state index is 11.0. The number of hydrogen-bond acceptors (Lipinski definition) is 2. The SMILES string of the molecule is C=CC(=O)N1CCC(C(N)=O)C1. The molecular weight excluding hydrogens is 156 g/mol. The van der Waals surface area contributed by atoms with Crippen LogP contribution in [0.25, 0.3) is 0 Å². The number of carbonyl (C=O) groups excluding carboxylic acids is 2. The summed E-state index contributed by atoms with van der Waals surface area (Å²) in [4.78, 5) is 23.3. The van der Waals surface area contributed by atoms with E-state index in [0.29, 0.717) is 19.5 Å².